The lowest BCUT2D eigenvalue weighted by molar-refractivity contribution is 0.824. The highest BCUT2D eigenvalue weighted by molar-refractivity contribution is 6.42. The monoisotopic (exact) mass is 263 g/mol. The van der Waals surface area contributed by atoms with E-state index in [4.69, 9.17) is 23.2 Å². The van der Waals surface area contributed by atoms with Crippen LogP contribution in [-0.4, -0.2) is 0 Å². The van der Waals surface area contributed by atoms with Crippen molar-refractivity contribution >= 4 is 28.9 Å². The fourth-order valence-electron chi connectivity index (χ4n) is 2.23. The van der Waals surface area contributed by atoms with E-state index >= 15 is 0 Å². The highest BCUT2D eigenvalue weighted by atomic mass is 35.5. The third kappa shape index (κ3) is 2.01. The van der Waals surface area contributed by atoms with Gasteiger partial charge in [0, 0.05) is 5.69 Å². The average molecular weight is 264 g/mol. The summed E-state index contributed by atoms with van der Waals surface area (Å²) in [6.07, 6.45) is 0.994. The van der Waals surface area contributed by atoms with Gasteiger partial charge in [0.25, 0.3) is 0 Å². The maximum Gasteiger partial charge on any atom is 0.0595 e. The molecule has 1 heterocycles. The average Bonchev–Trinajstić information content (AvgIpc) is 2.76. The molecule has 17 heavy (non-hydrogen) atoms. The highest BCUT2D eigenvalue weighted by Gasteiger charge is 2.21. The molecule has 0 bridgehead atoms. The van der Waals surface area contributed by atoms with E-state index in [1.807, 2.05) is 24.3 Å². The van der Waals surface area contributed by atoms with Crippen LogP contribution < -0.4 is 5.32 Å². The Morgan fingerprint density at radius 1 is 1.00 bits per heavy atom. The lowest BCUT2D eigenvalue weighted by Gasteiger charge is -2.12. The van der Waals surface area contributed by atoms with Crippen molar-refractivity contribution in [3.05, 3.63) is 63.6 Å². The predicted molar refractivity (Wildman–Crippen MR) is 73.0 cm³/mol. The summed E-state index contributed by atoms with van der Waals surface area (Å²) in [7, 11) is 0. The number of fused-ring (bicyclic) bond motifs is 1. The molecule has 2 aromatic carbocycles. The van der Waals surface area contributed by atoms with Crippen molar-refractivity contribution in [1.82, 2.24) is 0 Å². The molecule has 1 unspecified atom stereocenters. The lowest BCUT2D eigenvalue weighted by Crippen LogP contribution is -2.05. The van der Waals surface area contributed by atoms with E-state index in [2.05, 4.69) is 23.5 Å². The zero-order valence-electron chi connectivity index (χ0n) is 9.08. The van der Waals surface area contributed by atoms with Crippen molar-refractivity contribution in [1.29, 1.82) is 0 Å². The molecule has 3 heteroatoms. The largest absolute Gasteiger partial charge is 0.378 e. The predicted octanol–water partition coefficient (Wildman–Crippen LogP) is 4.70. The van der Waals surface area contributed by atoms with E-state index in [1.165, 1.54) is 16.8 Å². The topological polar surface area (TPSA) is 12.0 Å². The van der Waals surface area contributed by atoms with Gasteiger partial charge in [0.15, 0.2) is 0 Å². The first-order chi connectivity index (χ1) is 8.24. The quantitative estimate of drug-likeness (QED) is 0.787. The van der Waals surface area contributed by atoms with Gasteiger partial charge >= 0.3 is 0 Å². The molecule has 0 fully saturated rings. The number of rotatable bonds is 1. The lowest BCUT2D eigenvalue weighted by atomic mass is 10.0. The second-order valence-corrected chi connectivity index (χ2v) is 5.05. The van der Waals surface area contributed by atoms with Crippen LogP contribution in [-0.2, 0) is 6.42 Å². The Bertz CT molecular complexity index is 541. The van der Waals surface area contributed by atoms with Crippen LogP contribution in [0.3, 0.4) is 0 Å². The first kappa shape index (κ1) is 10.9. The SMILES string of the molecule is Clc1ccc(C2Cc3ccccc3N2)cc1Cl. The summed E-state index contributed by atoms with van der Waals surface area (Å²) >= 11 is 12.0. The van der Waals surface area contributed by atoms with E-state index in [1.54, 1.807) is 0 Å². The molecular formula is C14H11Cl2N. The zero-order chi connectivity index (χ0) is 11.8. The Kier molecular flexibility index (Phi) is 2.73. The van der Waals surface area contributed by atoms with Crippen LogP contribution in [0.2, 0.25) is 10.0 Å². The van der Waals surface area contributed by atoms with E-state index in [-0.39, 0.29) is 0 Å². The number of hydrogen-bond donors (Lipinski definition) is 1. The summed E-state index contributed by atoms with van der Waals surface area (Å²) in [5.74, 6) is 0. The Morgan fingerprint density at radius 2 is 1.82 bits per heavy atom. The minimum Gasteiger partial charge on any atom is -0.378 e. The van der Waals surface area contributed by atoms with Gasteiger partial charge in [-0.15, -0.1) is 0 Å². The number of anilines is 1. The van der Waals surface area contributed by atoms with Crippen LogP contribution in [0.15, 0.2) is 42.5 Å². The second kappa shape index (κ2) is 4.25. The van der Waals surface area contributed by atoms with Gasteiger partial charge in [-0.1, -0.05) is 47.5 Å². The number of nitrogens with one attached hydrogen (secondary N) is 1. The Morgan fingerprint density at radius 3 is 2.59 bits per heavy atom. The van der Waals surface area contributed by atoms with Gasteiger partial charge in [-0.3, -0.25) is 0 Å². The Balaban J connectivity index is 1.91. The summed E-state index contributed by atoms with van der Waals surface area (Å²) in [5, 5.41) is 4.71. The number of benzene rings is 2. The molecule has 0 saturated heterocycles. The standard InChI is InChI=1S/C14H11Cl2N/c15-11-6-5-10(7-12(11)16)14-8-9-3-1-2-4-13(9)17-14/h1-7,14,17H,8H2. The summed E-state index contributed by atoms with van der Waals surface area (Å²) in [5.41, 5.74) is 3.74. The maximum atomic E-state index is 6.04. The molecule has 1 atom stereocenters. The molecule has 86 valence electrons. The molecule has 0 amide bonds. The van der Waals surface area contributed by atoms with Crippen LogP contribution in [0.5, 0.6) is 0 Å². The Labute approximate surface area is 110 Å². The molecule has 3 rings (SSSR count). The fourth-order valence-corrected chi connectivity index (χ4v) is 2.53. The van der Waals surface area contributed by atoms with Crippen LogP contribution in [0.25, 0.3) is 0 Å². The van der Waals surface area contributed by atoms with Gasteiger partial charge in [-0.2, -0.15) is 0 Å². The maximum absolute atomic E-state index is 6.04. The summed E-state index contributed by atoms with van der Waals surface area (Å²) in [6, 6.07) is 14.5. The summed E-state index contributed by atoms with van der Waals surface area (Å²) in [4.78, 5) is 0. The third-order valence-corrected chi connectivity index (χ3v) is 3.86. The zero-order valence-corrected chi connectivity index (χ0v) is 10.6. The van der Waals surface area contributed by atoms with Gasteiger partial charge in [0.2, 0.25) is 0 Å². The van der Waals surface area contributed by atoms with Gasteiger partial charge < -0.3 is 5.32 Å². The first-order valence-electron chi connectivity index (χ1n) is 5.53. The molecular weight excluding hydrogens is 253 g/mol. The molecule has 0 saturated carbocycles. The second-order valence-electron chi connectivity index (χ2n) is 4.23. The van der Waals surface area contributed by atoms with Crippen molar-refractivity contribution in [3.8, 4) is 0 Å². The van der Waals surface area contributed by atoms with Crippen LogP contribution >= 0.6 is 23.2 Å². The van der Waals surface area contributed by atoms with E-state index in [9.17, 15) is 0 Å². The van der Waals surface area contributed by atoms with Crippen LogP contribution in [0, 0.1) is 0 Å². The fraction of sp³-hybridized carbons (Fsp3) is 0.143. The van der Waals surface area contributed by atoms with Crippen molar-refractivity contribution in [3.63, 3.8) is 0 Å². The smallest absolute Gasteiger partial charge is 0.0595 e. The number of hydrogen-bond acceptors (Lipinski definition) is 1. The molecule has 1 aliphatic rings. The molecule has 1 N–H and O–H groups in total. The molecule has 0 spiro atoms. The van der Waals surface area contributed by atoms with Gasteiger partial charge in [-0.05, 0) is 35.7 Å². The number of para-hydroxylation sites is 1. The molecule has 0 aliphatic carbocycles. The third-order valence-electron chi connectivity index (χ3n) is 3.12. The summed E-state index contributed by atoms with van der Waals surface area (Å²) < 4.78 is 0. The van der Waals surface area contributed by atoms with Crippen molar-refractivity contribution in [2.24, 2.45) is 0 Å². The molecule has 2 aromatic rings. The van der Waals surface area contributed by atoms with Gasteiger partial charge in [0.1, 0.15) is 0 Å². The van der Waals surface area contributed by atoms with Gasteiger partial charge in [0.05, 0.1) is 16.1 Å². The highest BCUT2D eigenvalue weighted by Crippen LogP contribution is 2.35. The minimum absolute atomic E-state index is 0.294. The van der Waals surface area contributed by atoms with Crippen LogP contribution in [0.1, 0.15) is 17.2 Å². The first-order valence-corrected chi connectivity index (χ1v) is 6.29. The normalized spacial score (nSPS) is 17.6. The molecule has 1 nitrogen and oxygen atoms in total. The van der Waals surface area contributed by atoms with E-state index < -0.39 is 0 Å². The van der Waals surface area contributed by atoms with Gasteiger partial charge in [-0.25, -0.2) is 0 Å². The minimum atomic E-state index is 0.294. The molecule has 0 radical (unpaired) electrons. The van der Waals surface area contributed by atoms with Crippen molar-refractivity contribution in [2.75, 3.05) is 5.32 Å². The van der Waals surface area contributed by atoms with Crippen LogP contribution in [0.4, 0.5) is 5.69 Å². The van der Waals surface area contributed by atoms with Crippen molar-refractivity contribution < 1.29 is 0 Å². The van der Waals surface area contributed by atoms with E-state index in [0.29, 0.717) is 16.1 Å². The van der Waals surface area contributed by atoms with Crippen molar-refractivity contribution in [2.45, 2.75) is 12.5 Å². The Hall–Kier alpha value is -1.18. The van der Waals surface area contributed by atoms with E-state index in [0.717, 1.165) is 6.42 Å². The molecule has 1 aliphatic heterocycles. The molecule has 0 aromatic heterocycles. The number of halogens is 2. The summed E-state index contributed by atoms with van der Waals surface area (Å²) in [6.45, 7) is 0.